The molecule has 1 aromatic rings. The predicted molar refractivity (Wildman–Crippen MR) is 90.4 cm³/mol. The third-order valence-electron chi connectivity index (χ3n) is 4.31. The molecule has 0 saturated carbocycles. The van der Waals surface area contributed by atoms with E-state index in [4.69, 9.17) is 0 Å². The van der Waals surface area contributed by atoms with Gasteiger partial charge in [-0.15, -0.1) is 0 Å². The first-order valence-corrected chi connectivity index (χ1v) is 8.33. The molecule has 1 aliphatic heterocycles. The fraction of sp³-hybridized carbons (Fsp3) is 0.667. The molecule has 1 saturated heterocycles. The van der Waals surface area contributed by atoms with Gasteiger partial charge in [-0.2, -0.15) is 0 Å². The largest absolute Gasteiger partial charge is 0.313 e. The molecule has 0 aromatic heterocycles. The van der Waals surface area contributed by atoms with Crippen LogP contribution in [0.1, 0.15) is 30.9 Å². The number of likely N-dealkylation sites (tertiary alicyclic amines) is 1. The van der Waals surface area contributed by atoms with Crippen LogP contribution in [0.2, 0.25) is 0 Å². The Hall–Kier alpha value is -0.900. The van der Waals surface area contributed by atoms with E-state index in [0.717, 1.165) is 25.6 Å². The zero-order valence-corrected chi connectivity index (χ0v) is 13.9. The van der Waals surface area contributed by atoms with Gasteiger partial charge in [0, 0.05) is 19.6 Å². The first-order chi connectivity index (χ1) is 10.2. The summed E-state index contributed by atoms with van der Waals surface area (Å²) in [6.07, 6.45) is 2.69. The molecule has 0 spiro atoms. The van der Waals surface area contributed by atoms with Gasteiger partial charge >= 0.3 is 0 Å². The molecule has 1 aromatic carbocycles. The lowest BCUT2D eigenvalue weighted by molar-refractivity contribution is 0.157. The quantitative estimate of drug-likeness (QED) is 0.832. The maximum Gasteiger partial charge on any atom is 0.0233 e. The molecule has 3 nitrogen and oxygen atoms in total. The minimum Gasteiger partial charge on any atom is -0.313 e. The third-order valence-corrected chi connectivity index (χ3v) is 4.31. The second-order valence-electron chi connectivity index (χ2n) is 6.58. The van der Waals surface area contributed by atoms with Crippen LogP contribution >= 0.6 is 0 Å². The van der Waals surface area contributed by atoms with Gasteiger partial charge in [-0.05, 0) is 63.6 Å². The molecule has 118 valence electrons. The van der Waals surface area contributed by atoms with Gasteiger partial charge in [0.2, 0.25) is 0 Å². The average molecular weight is 289 g/mol. The molecule has 1 aliphatic rings. The molecule has 3 heteroatoms. The van der Waals surface area contributed by atoms with E-state index < -0.39 is 0 Å². The van der Waals surface area contributed by atoms with E-state index in [1.165, 1.54) is 43.6 Å². The van der Waals surface area contributed by atoms with E-state index in [0.29, 0.717) is 0 Å². The van der Waals surface area contributed by atoms with Crippen LogP contribution in [0.15, 0.2) is 24.3 Å². The third kappa shape index (κ3) is 5.77. The molecule has 0 radical (unpaired) electrons. The Kier molecular flexibility index (Phi) is 6.68. The predicted octanol–water partition coefficient (Wildman–Crippen LogP) is 2.57. The number of hydrogen-bond acceptors (Lipinski definition) is 3. The first-order valence-electron chi connectivity index (χ1n) is 8.33. The summed E-state index contributed by atoms with van der Waals surface area (Å²) in [5.74, 6) is 0.885. The van der Waals surface area contributed by atoms with Crippen molar-refractivity contribution in [1.29, 1.82) is 0 Å². The molecular formula is C18H31N3. The van der Waals surface area contributed by atoms with E-state index in [-0.39, 0.29) is 0 Å². The van der Waals surface area contributed by atoms with Crippen molar-refractivity contribution >= 4 is 0 Å². The van der Waals surface area contributed by atoms with Crippen molar-refractivity contribution in [3.63, 3.8) is 0 Å². The van der Waals surface area contributed by atoms with Gasteiger partial charge in [0.15, 0.2) is 0 Å². The zero-order valence-electron chi connectivity index (χ0n) is 13.9. The number of hydrogen-bond donors (Lipinski definition) is 1. The Morgan fingerprint density at radius 3 is 2.57 bits per heavy atom. The van der Waals surface area contributed by atoms with Crippen molar-refractivity contribution in [3.05, 3.63) is 35.4 Å². The zero-order chi connectivity index (χ0) is 15.1. The lowest BCUT2D eigenvalue weighted by Gasteiger charge is -2.33. The first kappa shape index (κ1) is 16.5. The van der Waals surface area contributed by atoms with Gasteiger partial charge in [-0.25, -0.2) is 0 Å². The molecule has 1 heterocycles. The highest BCUT2D eigenvalue weighted by molar-refractivity contribution is 5.23. The fourth-order valence-corrected chi connectivity index (χ4v) is 3.21. The van der Waals surface area contributed by atoms with Crippen LogP contribution in [-0.2, 0) is 13.1 Å². The van der Waals surface area contributed by atoms with Crippen LogP contribution in [0, 0.1) is 5.92 Å². The summed E-state index contributed by atoms with van der Waals surface area (Å²) < 4.78 is 0. The van der Waals surface area contributed by atoms with Gasteiger partial charge in [-0.1, -0.05) is 31.2 Å². The van der Waals surface area contributed by atoms with Crippen molar-refractivity contribution in [1.82, 2.24) is 15.1 Å². The Balaban J connectivity index is 1.80. The van der Waals surface area contributed by atoms with Gasteiger partial charge in [0.25, 0.3) is 0 Å². The summed E-state index contributed by atoms with van der Waals surface area (Å²) >= 11 is 0. The number of piperidine rings is 1. The fourth-order valence-electron chi connectivity index (χ4n) is 3.21. The van der Waals surface area contributed by atoms with Gasteiger partial charge < -0.3 is 10.2 Å². The van der Waals surface area contributed by atoms with E-state index in [9.17, 15) is 0 Å². The summed E-state index contributed by atoms with van der Waals surface area (Å²) in [6.45, 7) is 9.01. The molecule has 1 fully saturated rings. The molecule has 0 aliphatic carbocycles. The van der Waals surface area contributed by atoms with Crippen LogP contribution < -0.4 is 5.32 Å². The minimum absolute atomic E-state index is 0.885. The van der Waals surface area contributed by atoms with Crippen molar-refractivity contribution < 1.29 is 0 Å². The second kappa shape index (κ2) is 8.52. The van der Waals surface area contributed by atoms with Crippen molar-refractivity contribution in [2.45, 2.75) is 32.9 Å². The number of nitrogens with one attached hydrogen (secondary N) is 1. The number of nitrogens with zero attached hydrogens (tertiary/aromatic N) is 2. The van der Waals surface area contributed by atoms with Crippen LogP contribution in [0.4, 0.5) is 0 Å². The highest BCUT2D eigenvalue weighted by Crippen LogP contribution is 2.19. The van der Waals surface area contributed by atoms with Crippen LogP contribution in [0.25, 0.3) is 0 Å². The monoisotopic (exact) mass is 289 g/mol. The standard InChI is InChI=1S/C18H31N3/c1-4-19-13-17-6-5-7-18(12-17)15-21-10-8-16(9-11-21)14-20(2)3/h5-7,12,16,19H,4,8-11,13-15H2,1-3H3. The lowest BCUT2D eigenvalue weighted by Crippen LogP contribution is -2.36. The van der Waals surface area contributed by atoms with Crippen LogP contribution in [-0.4, -0.2) is 50.1 Å². The molecule has 2 rings (SSSR count). The number of rotatable bonds is 7. The molecular weight excluding hydrogens is 258 g/mol. The Bertz CT molecular complexity index is 409. The molecule has 0 atom stereocenters. The van der Waals surface area contributed by atoms with Gasteiger partial charge in [0.1, 0.15) is 0 Å². The van der Waals surface area contributed by atoms with E-state index in [1.54, 1.807) is 0 Å². The topological polar surface area (TPSA) is 18.5 Å². The summed E-state index contributed by atoms with van der Waals surface area (Å²) in [5.41, 5.74) is 2.85. The highest BCUT2D eigenvalue weighted by atomic mass is 15.1. The molecule has 1 N–H and O–H groups in total. The van der Waals surface area contributed by atoms with Crippen LogP contribution in [0.5, 0.6) is 0 Å². The van der Waals surface area contributed by atoms with Gasteiger partial charge in [0.05, 0.1) is 0 Å². The average Bonchev–Trinajstić information content (AvgIpc) is 2.47. The Morgan fingerprint density at radius 1 is 1.19 bits per heavy atom. The maximum absolute atomic E-state index is 3.40. The smallest absolute Gasteiger partial charge is 0.0233 e. The molecule has 0 amide bonds. The van der Waals surface area contributed by atoms with Crippen molar-refractivity contribution in [2.75, 3.05) is 40.3 Å². The van der Waals surface area contributed by atoms with Crippen molar-refractivity contribution in [3.8, 4) is 0 Å². The molecule has 21 heavy (non-hydrogen) atoms. The SMILES string of the molecule is CCNCc1cccc(CN2CCC(CN(C)C)CC2)c1. The van der Waals surface area contributed by atoms with E-state index in [2.05, 4.69) is 60.4 Å². The summed E-state index contributed by atoms with van der Waals surface area (Å²) in [4.78, 5) is 4.93. The highest BCUT2D eigenvalue weighted by Gasteiger charge is 2.19. The molecule has 0 bridgehead atoms. The minimum atomic E-state index is 0.885. The summed E-state index contributed by atoms with van der Waals surface area (Å²) in [7, 11) is 4.37. The van der Waals surface area contributed by atoms with Gasteiger partial charge in [-0.3, -0.25) is 4.90 Å². The Morgan fingerprint density at radius 2 is 1.90 bits per heavy atom. The summed E-state index contributed by atoms with van der Waals surface area (Å²) in [6, 6.07) is 9.03. The lowest BCUT2D eigenvalue weighted by atomic mass is 9.96. The number of benzene rings is 1. The maximum atomic E-state index is 3.40. The van der Waals surface area contributed by atoms with Crippen molar-refractivity contribution in [2.24, 2.45) is 5.92 Å². The second-order valence-corrected chi connectivity index (χ2v) is 6.58. The normalized spacial score (nSPS) is 17.5. The Labute approximate surface area is 130 Å². The van der Waals surface area contributed by atoms with Crippen LogP contribution in [0.3, 0.4) is 0 Å². The summed E-state index contributed by atoms with van der Waals surface area (Å²) in [5, 5.41) is 3.40. The van der Waals surface area contributed by atoms with E-state index >= 15 is 0 Å². The molecule has 0 unspecified atom stereocenters. The van der Waals surface area contributed by atoms with E-state index in [1.807, 2.05) is 0 Å².